The third kappa shape index (κ3) is 2.59. The Hall–Kier alpha value is -2.69. The molecule has 26 heavy (non-hydrogen) atoms. The van der Waals surface area contributed by atoms with Gasteiger partial charge in [0, 0.05) is 17.7 Å². The van der Waals surface area contributed by atoms with Crippen molar-refractivity contribution in [3.8, 4) is 11.5 Å². The molecule has 2 atom stereocenters. The maximum absolute atomic E-state index is 12.9. The number of ether oxygens (including phenoxy) is 2. The Morgan fingerprint density at radius 3 is 2.69 bits per heavy atom. The fourth-order valence-corrected chi connectivity index (χ4v) is 3.90. The van der Waals surface area contributed by atoms with Crippen LogP contribution in [0.2, 0.25) is 0 Å². The van der Waals surface area contributed by atoms with E-state index in [-0.39, 0.29) is 12.1 Å². The molecule has 0 aromatic heterocycles. The smallest absolute Gasteiger partial charge is 0.325 e. The van der Waals surface area contributed by atoms with Gasteiger partial charge in [-0.3, -0.25) is 4.90 Å². The van der Waals surface area contributed by atoms with Crippen molar-refractivity contribution in [1.29, 1.82) is 0 Å². The molecule has 2 aliphatic rings. The van der Waals surface area contributed by atoms with Gasteiger partial charge in [-0.1, -0.05) is 31.2 Å². The highest BCUT2D eigenvalue weighted by atomic mass is 16.5. The van der Waals surface area contributed by atoms with Crippen molar-refractivity contribution < 1.29 is 14.3 Å². The number of nitrogens with zero attached hydrogens (tertiary/aromatic N) is 1. The van der Waals surface area contributed by atoms with Gasteiger partial charge >= 0.3 is 6.03 Å². The molecule has 5 heteroatoms. The van der Waals surface area contributed by atoms with E-state index in [1.807, 2.05) is 44.2 Å². The van der Waals surface area contributed by atoms with Crippen molar-refractivity contribution in [1.82, 2.24) is 5.32 Å². The summed E-state index contributed by atoms with van der Waals surface area (Å²) in [6, 6.07) is 13.7. The summed E-state index contributed by atoms with van der Waals surface area (Å²) in [5.41, 5.74) is 2.28. The first-order chi connectivity index (χ1) is 12.6. The molecule has 2 amide bonds. The van der Waals surface area contributed by atoms with Crippen molar-refractivity contribution >= 4 is 11.7 Å². The Kier molecular flexibility index (Phi) is 4.02. The number of aryl methyl sites for hydroxylation is 1. The molecular formula is C21H24N2O3. The molecule has 0 aliphatic carbocycles. The number of fused-ring (bicyclic) bond motifs is 4. The molecule has 0 radical (unpaired) electrons. The molecular weight excluding hydrogens is 328 g/mol. The number of amides is 2. The fraction of sp³-hybridized carbons (Fsp3) is 0.381. The predicted octanol–water partition coefficient (Wildman–Crippen LogP) is 4.42. The highest BCUT2D eigenvalue weighted by Crippen LogP contribution is 2.49. The third-order valence-corrected chi connectivity index (χ3v) is 5.17. The summed E-state index contributed by atoms with van der Waals surface area (Å²) in [5.74, 6) is 1.45. The Balaban J connectivity index is 1.76. The van der Waals surface area contributed by atoms with Crippen LogP contribution in [0.3, 0.4) is 0 Å². The molecule has 2 unspecified atom stereocenters. The van der Waals surface area contributed by atoms with E-state index in [0.29, 0.717) is 13.0 Å². The van der Waals surface area contributed by atoms with Gasteiger partial charge in [-0.2, -0.15) is 0 Å². The molecule has 1 N–H and O–H groups in total. The van der Waals surface area contributed by atoms with Gasteiger partial charge in [0.05, 0.1) is 12.6 Å². The summed E-state index contributed by atoms with van der Waals surface area (Å²) in [6.45, 7) is 6.60. The maximum Gasteiger partial charge on any atom is 0.325 e. The largest absolute Gasteiger partial charge is 0.490 e. The zero-order chi connectivity index (χ0) is 18.3. The van der Waals surface area contributed by atoms with Crippen LogP contribution in [0.25, 0.3) is 0 Å². The zero-order valence-corrected chi connectivity index (χ0v) is 15.4. The van der Waals surface area contributed by atoms with Gasteiger partial charge < -0.3 is 14.8 Å². The van der Waals surface area contributed by atoms with E-state index in [9.17, 15) is 4.79 Å². The molecule has 1 saturated heterocycles. The normalized spacial score (nSPS) is 23.7. The number of urea groups is 1. The van der Waals surface area contributed by atoms with Crippen molar-refractivity contribution in [2.75, 3.05) is 11.5 Å². The van der Waals surface area contributed by atoms with E-state index in [1.165, 1.54) is 5.56 Å². The number of anilines is 1. The van der Waals surface area contributed by atoms with E-state index in [2.05, 4.69) is 24.4 Å². The number of nitrogens with one attached hydrogen (secondary N) is 1. The number of para-hydroxylation sites is 1. The lowest BCUT2D eigenvalue weighted by atomic mass is 9.90. The lowest BCUT2D eigenvalue weighted by Crippen LogP contribution is -2.65. The summed E-state index contributed by atoms with van der Waals surface area (Å²) in [4.78, 5) is 14.6. The van der Waals surface area contributed by atoms with Gasteiger partial charge in [0.15, 0.2) is 17.2 Å². The summed E-state index contributed by atoms with van der Waals surface area (Å²) in [6.07, 6.45) is 1.64. The molecule has 2 bridgehead atoms. The number of carbonyl (C=O) groups excluding carboxylic acids is 1. The Labute approximate surface area is 153 Å². The van der Waals surface area contributed by atoms with Crippen molar-refractivity contribution in [3.05, 3.63) is 53.6 Å². The molecule has 2 heterocycles. The van der Waals surface area contributed by atoms with Crippen molar-refractivity contribution in [3.63, 3.8) is 0 Å². The molecule has 2 aromatic rings. The van der Waals surface area contributed by atoms with E-state index in [0.717, 1.165) is 29.2 Å². The summed E-state index contributed by atoms with van der Waals surface area (Å²) >= 11 is 0. The van der Waals surface area contributed by atoms with Crippen LogP contribution >= 0.6 is 0 Å². The van der Waals surface area contributed by atoms with E-state index in [4.69, 9.17) is 9.47 Å². The monoisotopic (exact) mass is 352 g/mol. The molecule has 136 valence electrons. The summed E-state index contributed by atoms with van der Waals surface area (Å²) in [5, 5.41) is 3.13. The average Bonchev–Trinajstić information content (AvgIpc) is 2.62. The van der Waals surface area contributed by atoms with Crippen LogP contribution in [0.4, 0.5) is 10.5 Å². The SMILES string of the molecule is CCOc1cccc2c1OC1(C)CC2NC(=O)N1c1ccc(CC)cc1. The highest BCUT2D eigenvalue weighted by molar-refractivity contribution is 5.95. The van der Waals surface area contributed by atoms with Crippen LogP contribution in [0.5, 0.6) is 11.5 Å². The minimum Gasteiger partial charge on any atom is -0.490 e. The van der Waals surface area contributed by atoms with Gasteiger partial charge in [0.2, 0.25) is 0 Å². The molecule has 5 nitrogen and oxygen atoms in total. The zero-order valence-electron chi connectivity index (χ0n) is 15.4. The molecule has 2 aliphatic heterocycles. The van der Waals surface area contributed by atoms with Crippen LogP contribution < -0.4 is 19.7 Å². The number of benzene rings is 2. The standard InChI is InChI=1S/C21H24N2O3/c1-4-14-9-11-15(12-10-14)23-20(24)22-17-13-21(23,3)26-19-16(17)7-6-8-18(19)25-5-2/h6-12,17H,4-5,13H2,1-3H3,(H,22,24). The summed E-state index contributed by atoms with van der Waals surface area (Å²) < 4.78 is 12.2. The van der Waals surface area contributed by atoms with Crippen LogP contribution in [0, 0.1) is 0 Å². The van der Waals surface area contributed by atoms with Crippen LogP contribution in [-0.4, -0.2) is 18.4 Å². The van der Waals surface area contributed by atoms with Crippen LogP contribution in [0.1, 0.15) is 44.4 Å². The van der Waals surface area contributed by atoms with Gasteiger partial charge in [0.25, 0.3) is 0 Å². The van der Waals surface area contributed by atoms with Gasteiger partial charge in [-0.25, -0.2) is 4.79 Å². The van der Waals surface area contributed by atoms with E-state index < -0.39 is 5.72 Å². The molecule has 1 fully saturated rings. The first-order valence-corrected chi connectivity index (χ1v) is 9.20. The minimum absolute atomic E-state index is 0.0807. The Bertz CT molecular complexity index is 834. The second-order valence-electron chi connectivity index (χ2n) is 6.95. The number of hydrogen-bond donors (Lipinski definition) is 1. The quantitative estimate of drug-likeness (QED) is 0.886. The van der Waals surface area contributed by atoms with Gasteiger partial charge in [-0.15, -0.1) is 0 Å². The third-order valence-electron chi connectivity index (χ3n) is 5.17. The van der Waals surface area contributed by atoms with E-state index >= 15 is 0 Å². The average molecular weight is 352 g/mol. The molecule has 0 saturated carbocycles. The lowest BCUT2D eigenvalue weighted by Gasteiger charge is -2.50. The predicted molar refractivity (Wildman–Crippen MR) is 101 cm³/mol. The van der Waals surface area contributed by atoms with E-state index in [1.54, 1.807) is 4.90 Å². The van der Waals surface area contributed by atoms with Crippen LogP contribution in [0.15, 0.2) is 42.5 Å². The van der Waals surface area contributed by atoms with Gasteiger partial charge in [0.1, 0.15) is 0 Å². The number of hydrogen-bond acceptors (Lipinski definition) is 3. The molecule has 0 spiro atoms. The van der Waals surface area contributed by atoms with Gasteiger partial charge in [-0.05, 0) is 44.0 Å². The first kappa shape index (κ1) is 16.8. The number of carbonyl (C=O) groups is 1. The minimum atomic E-state index is -0.763. The van der Waals surface area contributed by atoms with Crippen LogP contribution in [-0.2, 0) is 6.42 Å². The Morgan fingerprint density at radius 2 is 2.00 bits per heavy atom. The van der Waals surface area contributed by atoms with Crippen molar-refractivity contribution in [2.45, 2.75) is 45.4 Å². The molecule has 2 aromatic carbocycles. The molecule has 4 rings (SSSR count). The van der Waals surface area contributed by atoms with Crippen molar-refractivity contribution in [2.24, 2.45) is 0 Å². The summed E-state index contributed by atoms with van der Waals surface area (Å²) in [7, 11) is 0. The highest BCUT2D eigenvalue weighted by Gasteiger charge is 2.50. The Morgan fingerprint density at radius 1 is 1.23 bits per heavy atom. The number of rotatable bonds is 4. The maximum atomic E-state index is 12.9. The second kappa shape index (κ2) is 6.24. The topological polar surface area (TPSA) is 50.8 Å². The lowest BCUT2D eigenvalue weighted by molar-refractivity contribution is 0.0343. The first-order valence-electron chi connectivity index (χ1n) is 9.20. The second-order valence-corrected chi connectivity index (χ2v) is 6.95. The fourth-order valence-electron chi connectivity index (χ4n) is 3.90.